The molecule has 1 unspecified atom stereocenters. The summed E-state index contributed by atoms with van der Waals surface area (Å²) in [6.45, 7) is 0.339. The molecule has 0 spiro atoms. The van der Waals surface area contributed by atoms with Crippen LogP contribution >= 0.6 is 0 Å². The molecule has 0 bridgehead atoms. The third-order valence-corrected chi connectivity index (χ3v) is 4.81. The molecule has 27 heavy (non-hydrogen) atoms. The first-order valence-corrected chi connectivity index (χ1v) is 8.63. The highest BCUT2D eigenvalue weighted by molar-refractivity contribution is 6.05. The normalized spacial score (nSPS) is 19.0. The number of carbonyl (C=O) groups is 3. The molecule has 2 aliphatic rings. The number of fused-ring (bicyclic) bond motifs is 1. The van der Waals surface area contributed by atoms with Gasteiger partial charge in [-0.25, -0.2) is 4.68 Å². The van der Waals surface area contributed by atoms with Crippen LogP contribution in [0.15, 0.2) is 24.4 Å². The molecule has 9 heteroatoms. The van der Waals surface area contributed by atoms with Crippen LogP contribution in [0.2, 0.25) is 0 Å². The van der Waals surface area contributed by atoms with E-state index in [0.717, 1.165) is 5.56 Å². The molecule has 1 atom stereocenters. The maximum absolute atomic E-state index is 12.8. The standard InChI is InChI=1S/C18H16N6O3/c19-7-1-2-12-10-24(22-21-12)13-4-3-11-9-23(18(27)14(11)8-13)15-5-6-16(25)20-17(15)26/h3-4,8,10,15H,1-2,5-6,9H2,(H,20,25,26). The lowest BCUT2D eigenvalue weighted by molar-refractivity contribution is -0.136. The molecule has 0 aliphatic carbocycles. The number of imide groups is 1. The summed E-state index contributed by atoms with van der Waals surface area (Å²) in [5.41, 5.74) is 2.74. The van der Waals surface area contributed by atoms with Crippen LogP contribution in [0.5, 0.6) is 0 Å². The second-order valence-corrected chi connectivity index (χ2v) is 6.55. The molecular formula is C18H16N6O3. The Bertz CT molecular complexity index is 989. The summed E-state index contributed by atoms with van der Waals surface area (Å²) >= 11 is 0. The van der Waals surface area contributed by atoms with Crippen molar-refractivity contribution in [2.45, 2.75) is 38.3 Å². The summed E-state index contributed by atoms with van der Waals surface area (Å²) in [4.78, 5) is 37.8. The molecular weight excluding hydrogens is 348 g/mol. The number of aromatic nitrogens is 3. The lowest BCUT2D eigenvalue weighted by Crippen LogP contribution is -2.52. The number of nitriles is 1. The van der Waals surface area contributed by atoms with Crippen molar-refractivity contribution in [1.29, 1.82) is 5.26 Å². The number of amides is 3. The fraction of sp³-hybridized carbons (Fsp3) is 0.333. The first-order chi connectivity index (χ1) is 13.1. The molecule has 2 aromatic rings. The fourth-order valence-electron chi connectivity index (χ4n) is 3.41. The molecule has 4 rings (SSSR count). The van der Waals surface area contributed by atoms with E-state index in [0.29, 0.717) is 42.8 Å². The predicted octanol–water partition coefficient (Wildman–Crippen LogP) is 0.484. The van der Waals surface area contributed by atoms with E-state index in [4.69, 9.17) is 5.26 Å². The zero-order chi connectivity index (χ0) is 19.0. The van der Waals surface area contributed by atoms with Gasteiger partial charge in [-0.15, -0.1) is 5.10 Å². The number of hydrogen-bond donors (Lipinski definition) is 1. The molecule has 1 saturated heterocycles. The van der Waals surface area contributed by atoms with Crippen LogP contribution in [-0.2, 0) is 22.6 Å². The molecule has 136 valence electrons. The molecule has 0 radical (unpaired) electrons. The summed E-state index contributed by atoms with van der Waals surface area (Å²) < 4.78 is 1.56. The highest BCUT2D eigenvalue weighted by Gasteiger charge is 2.39. The largest absolute Gasteiger partial charge is 0.322 e. The van der Waals surface area contributed by atoms with Crippen LogP contribution in [0.1, 0.15) is 40.9 Å². The van der Waals surface area contributed by atoms with Gasteiger partial charge >= 0.3 is 0 Å². The smallest absolute Gasteiger partial charge is 0.255 e. The zero-order valence-corrected chi connectivity index (χ0v) is 14.4. The van der Waals surface area contributed by atoms with E-state index in [1.54, 1.807) is 16.9 Å². The lowest BCUT2D eigenvalue weighted by atomic mass is 10.0. The SMILES string of the molecule is N#CCCc1cn(-c2ccc3c(c2)C(=O)N(C2CCC(=O)NC2=O)C3)nn1. The van der Waals surface area contributed by atoms with Gasteiger partial charge < -0.3 is 4.90 Å². The average Bonchev–Trinajstić information content (AvgIpc) is 3.25. The van der Waals surface area contributed by atoms with Crippen molar-refractivity contribution in [3.8, 4) is 11.8 Å². The van der Waals surface area contributed by atoms with Crippen molar-refractivity contribution in [2.24, 2.45) is 0 Å². The van der Waals surface area contributed by atoms with Gasteiger partial charge in [-0.3, -0.25) is 19.7 Å². The van der Waals surface area contributed by atoms with Crippen LogP contribution in [0.4, 0.5) is 0 Å². The van der Waals surface area contributed by atoms with E-state index < -0.39 is 11.9 Å². The summed E-state index contributed by atoms with van der Waals surface area (Å²) in [7, 11) is 0. The number of piperidine rings is 1. The molecule has 1 aromatic heterocycles. The molecule has 1 fully saturated rings. The lowest BCUT2D eigenvalue weighted by Gasteiger charge is -2.29. The van der Waals surface area contributed by atoms with E-state index >= 15 is 0 Å². The highest BCUT2D eigenvalue weighted by atomic mass is 16.2. The molecule has 1 N–H and O–H groups in total. The van der Waals surface area contributed by atoms with E-state index in [2.05, 4.69) is 21.7 Å². The molecule has 3 amide bonds. The number of hydrogen-bond acceptors (Lipinski definition) is 6. The van der Waals surface area contributed by atoms with Crippen LogP contribution in [0, 0.1) is 11.3 Å². The Balaban J connectivity index is 1.56. The highest BCUT2D eigenvalue weighted by Crippen LogP contribution is 2.29. The molecule has 1 aromatic carbocycles. The fourth-order valence-corrected chi connectivity index (χ4v) is 3.41. The number of carbonyl (C=O) groups excluding carboxylic acids is 3. The molecule has 0 saturated carbocycles. The number of nitrogens with zero attached hydrogens (tertiary/aromatic N) is 5. The predicted molar refractivity (Wildman–Crippen MR) is 91.3 cm³/mol. The number of aryl methyl sites for hydroxylation is 1. The van der Waals surface area contributed by atoms with Crippen molar-refractivity contribution in [1.82, 2.24) is 25.2 Å². The van der Waals surface area contributed by atoms with Gasteiger partial charge in [0.2, 0.25) is 11.8 Å². The zero-order valence-electron chi connectivity index (χ0n) is 14.4. The van der Waals surface area contributed by atoms with Gasteiger partial charge in [0, 0.05) is 31.4 Å². The van der Waals surface area contributed by atoms with Gasteiger partial charge in [-0.05, 0) is 24.1 Å². The van der Waals surface area contributed by atoms with Crippen molar-refractivity contribution >= 4 is 17.7 Å². The van der Waals surface area contributed by atoms with Gasteiger partial charge in [-0.2, -0.15) is 5.26 Å². The molecule has 9 nitrogen and oxygen atoms in total. The van der Waals surface area contributed by atoms with E-state index in [1.165, 1.54) is 4.90 Å². The van der Waals surface area contributed by atoms with Crippen molar-refractivity contribution in [3.05, 3.63) is 41.2 Å². The molecule has 3 heterocycles. The Hall–Kier alpha value is -3.54. The Morgan fingerprint density at radius 2 is 2.15 bits per heavy atom. The first kappa shape index (κ1) is 16.9. The van der Waals surface area contributed by atoms with Gasteiger partial charge in [-0.1, -0.05) is 11.3 Å². The van der Waals surface area contributed by atoms with E-state index in [1.807, 2.05) is 12.1 Å². The summed E-state index contributed by atoms with van der Waals surface area (Å²) in [5, 5.41) is 19.0. The van der Waals surface area contributed by atoms with E-state index in [9.17, 15) is 14.4 Å². The van der Waals surface area contributed by atoms with Crippen molar-refractivity contribution in [3.63, 3.8) is 0 Å². The van der Waals surface area contributed by atoms with Crippen LogP contribution < -0.4 is 5.32 Å². The number of benzene rings is 1. The van der Waals surface area contributed by atoms with Gasteiger partial charge in [0.1, 0.15) is 6.04 Å². The molecule has 2 aliphatic heterocycles. The van der Waals surface area contributed by atoms with E-state index in [-0.39, 0.29) is 18.2 Å². The quantitative estimate of drug-likeness (QED) is 0.788. The number of rotatable bonds is 4. The van der Waals surface area contributed by atoms with Crippen molar-refractivity contribution < 1.29 is 14.4 Å². The maximum Gasteiger partial charge on any atom is 0.255 e. The Labute approximate surface area is 154 Å². The summed E-state index contributed by atoms with van der Waals surface area (Å²) in [6.07, 6.45) is 3.18. The summed E-state index contributed by atoms with van der Waals surface area (Å²) in [6, 6.07) is 6.84. The Morgan fingerprint density at radius 3 is 2.93 bits per heavy atom. The van der Waals surface area contributed by atoms with Gasteiger partial charge in [0.05, 0.1) is 23.6 Å². The minimum absolute atomic E-state index is 0.228. The minimum atomic E-state index is -0.630. The first-order valence-electron chi connectivity index (χ1n) is 8.63. The van der Waals surface area contributed by atoms with Crippen LogP contribution in [0.3, 0.4) is 0 Å². The summed E-state index contributed by atoms with van der Waals surface area (Å²) in [5.74, 6) is -0.960. The van der Waals surface area contributed by atoms with Gasteiger partial charge in [0.15, 0.2) is 0 Å². The second-order valence-electron chi connectivity index (χ2n) is 6.55. The van der Waals surface area contributed by atoms with Crippen molar-refractivity contribution in [2.75, 3.05) is 0 Å². The van der Waals surface area contributed by atoms with Crippen LogP contribution in [0.25, 0.3) is 5.69 Å². The maximum atomic E-state index is 12.8. The minimum Gasteiger partial charge on any atom is -0.322 e. The third-order valence-electron chi connectivity index (χ3n) is 4.81. The third kappa shape index (κ3) is 3.06. The second kappa shape index (κ2) is 6.64. The van der Waals surface area contributed by atoms with Crippen LogP contribution in [-0.4, -0.2) is 43.7 Å². The Kier molecular flexibility index (Phi) is 4.16. The number of nitrogens with one attached hydrogen (secondary N) is 1. The topological polar surface area (TPSA) is 121 Å². The van der Waals surface area contributed by atoms with Gasteiger partial charge in [0.25, 0.3) is 5.91 Å². The Morgan fingerprint density at radius 1 is 1.30 bits per heavy atom. The average molecular weight is 364 g/mol. The monoisotopic (exact) mass is 364 g/mol.